The number of carbonyl (C=O) groups is 2. The summed E-state index contributed by atoms with van der Waals surface area (Å²) < 4.78 is 10.3. The number of rotatable bonds is 5. The summed E-state index contributed by atoms with van der Waals surface area (Å²) in [5.41, 5.74) is 0.0334. The van der Waals surface area contributed by atoms with Gasteiger partial charge in [0.05, 0.1) is 26.2 Å². The van der Waals surface area contributed by atoms with Crippen molar-refractivity contribution in [3.63, 3.8) is 0 Å². The molecule has 0 saturated carbocycles. The Morgan fingerprint density at radius 3 is 1.82 bits per heavy atom. The summed E-state index contributed by atoms with van der Waals surface area (Å²) in [4.78, 5) is 23.6. The van der Waals surface area contributed by atoms with Crippen LogP contribution in [0.25, 0.3) is 6.08 Å². The van der Waals surface area contributed by atoms with Crippen LogP contribution in [0.4, 0.5) is 0 Å². The van der Waals surface area contributed by atoms with Crippen LogP contribution in [0.1, 0.15) is 52.7 Å². The van der Waals surface area contributed by atoms with Gasteiger partial charge >= 0.3 is 11.9 Å². The molecule has 0 aromatic heterocycles. The minimum Gasteiger partial charge on any atom is -0.459 e. The Morgan fingerprint density at radius 1 is 0.842 bits per heavy atom. The molecule has 0 N–H and O–H groups in total. The van der Waals surface area contributed by atoms with Crippen molar-refractivity contribution < 1.29 is 19.1 Å². The van der Waals surface area contributed by atoms with Gasteiger partial charge in [-0.25, -0.2) is 4.79 Å². The van der Waals surface area contributed by atoms with Gasteiger partial charge in [-0.1, -0.05) is 58.5 Å². The van der Waals surface area contributed by atoms with Crippen molar-refractivity contribution in [2.75, 3.05) is 0 Å². The molecule has 1 unspecified atom stereocenters. The van der Waals surface area contributed by atoms with E-state index in [2.05, 4.69) is 0 Å². The molecule has 10 heteroatoms. The van der Waals surface area contributed by atoms with E-state index in [1.807, 2.05) is 12.1 Å². The van der Waals surface area contributed by atoms with Crippen molar-refractivity contribution in [3.05, 3.63) is 73.2 Å². The Bertz CT molecular complexity index is 1280. The SMILES string of the molecule is CC(C)(C)OC(=O)/C(C#N)=C/c1ccc(Cl)c(Cl)c1.CC(C)(C)OC(=O)C(C#N)Cc1ccc(Cl)c(Cl)c1. The van der Waals surface area contributed by atoms with Gasteiger partial charge in [-0.2, -0.15) is 10.5 Å². The quantitative estimate of drug-likeness (QED) is 0.195. The molecule has 2 aromatic rings. The molecule has 0 radical (unpaired) electrons. The normalized spacial score (nSPS) is 12.3. The van der Waals surface area contributed by atoms with Crippen molar-refractivity contribution in [2.45, 2.75) is 59.2 Å². The van der Waals surface area contributed by atoms with E-state index in [4.69, 9.17) is 66.4 Å². The Hall–Kier alpha value is -2.74. The van der Waals surface area contributed by atoms with Crippen LogP contribution < -0.4 is 0 Å². The lowest BCUT2D eigenvalue weighted by Crippen LogP contribution is -2.29. The number of ether oxygens (including phenoxy) is 2. The van der Waals surface area contributed by atoms with Crippen molar-refractivity contribution in [2.24, 2.45) is 5.92 Å². The van der Waals surface area contributed by atoms with Crippen molar-refractivity contribution >= 4 is 64.4 Å². The Balaban J connectivity index is 0.000000380. The van der Waals surface area contributed by atoms with E-state index in [1.54, 1.807) is 77.9 Å². The van der Waals surface area contributed by atoms with Gasteiger partial charge in [0.1, 0.15) is 28.8 Å². The van der Waals surface area contributed by atoms with Gasteiger partial charge < -0.3 is 9.47 Å². The van der Waals surface area contributed by atoms with Gasteiger partial charge in [-0.05, 0) is 89.4 Å². The highest BCUT2D eigenvalue weighted by molar-refractivity contribution is 6.42. The highest BCUT2D eigenvalue weighted by Crippen LogP contribution is 2.25. The van der Waals surface area contributed by atoms with Gasteiger partial charge in [-0.3, -0.25) is 4.79 Å². The maximum absolute atomic E-state index is 11.8. The molecule has 0 heterocycles. The zero-order chi connectivity index (χ0) is 29.3. The largest absolute Gasteiger partial charge is 0.459 e. The molecular weight excluding hydrogens is 570 g/mol. The van der Waals surface area contributed by atoms with E-state index >= 15 is 0 Å². The maximum atomic E-state index is 11.8. The number of hydrogen-bond donors (Lipinski definition) is 0. The Labute approximate surface area is 243 Å². The Kier molecular flexibility index (Phi) is 12.6. The van der Waals surface area contributed by atoms with Gasteiger partial charge in [-0.15, -0.1) is 0 Å². The number of halogens is 4. The second kappa shape index (κ2) is 14.4. The number of carbonyl (C=O) groups excluding carboxylic acids is 2. The lowest BCUT2D eigenvalue weighted by molar-refractivity contribution is -0.158. The molecule has 0 aliphatic carbocycles. The summed E-state index contributed by atoms with van der Waals surface area (Å²) >= 11 is 23.4. The second-order valence-corrected chi connectivity index (χ2v) is 11.6. The van der Waals surface area contributed by atoms with Crippen LogP contribution in [0.15, 0.2) is 42.0 Å². The highest BCUT2D eigenvalue weighted by atomic mass is 35.5. The molecule has 2 aromatic carbocycles. The van der Waals surface area contributed by atoms with E-state index in [1.165, 1.54) is 6.08 Å². The van der Waals surface area contributed by atoms with Crippen molar-refractivity contribution in [1.82, 2.24) is 0 Å². The smallest absolute Gasteiger partial charge is 0.349 e. The zero-order valence-corrected chi connectivity index (χ0v) is 24.9. The topological polar surface area (TPSA) is 100 Å². The van der Waals surface area contributed by atoms with Crippen LogP contribution >= 0.6 is 46.4 Å². The predicted molar refractivity (Wildman–Crippen MR) is 151 cm³/mol. The zero-order valence-electron chi connectivity index (χ0n) is 21.9. The molecule has 38 heavy (non-hydrogen) atoms. The third kappa shape index (κ3) is 12.2. The molecule has 0 aliphatic heterocycles. The van der Waals surface area contributed by atoms with Gasteiger partial charge in [0.2, 0.25) is 0 Å². The lowest BCUT2D eigenvalue weighted by atomic mass is 10.0. The third-order valence-corrected chi connectivity index (χ3v) is 5.74. The summed E-state index contributed by atoms with van der Waals surface area (Å²) in [6, 6.07) is 13.6. The molecule has 6 nitrogen and oxygen atoms in total. The molecule has 0 fully saturated rings. The van der Waals surface area contributed by atoms with Crippen LogP contribution in [0.2, 0.25) is 20.1 Å². The summed E-state index contributed by atoms with van der Waals surface area (Å²) in [6.45, 7) is 10.5. The first-order chi connectivity index (χ1) is 17.5. The van der Waals surface area contributed by atoms with Crippen molar-refractivity contribution in [3.8, 4) is 12.1 Å². The summed E-state index contributed by atoms with van der Waals surface area (Å²) in [7, 11) is 0. The molecule has 0 aliphatic rings. The molecule has 1 atom stereocenters. The molecule has 0 amide bonds. The standard InChI is InChI=1S/C14H15Cl2NO2.C14H13Cl2NO2/c2*1-14(2,3)19-13(18)10(8-17)6-9-4-5-11(15)12(16)7-9/h4-5,7,10H,6H2,1-3H3;4-7H,1-3H3/b;10-6+. The van der Waals surface area contributed by atoms with E-state index in [0.29, 0.717) is 25.7 Å². The number of esters is 2. The molecule has 0 spiro atoms. The first-order valence-corrected chi connectivity index (χ1v) is 12.8. The highest BCUT2D eigenvalue weighted by Gasteiger charge is 2.25. The van der Waals surface area contributed by atoms with Crippen LogP contribution in [0, 0.1) is 28.6 Å². The number of nitriles is 2. The van der Waals surface area contributed by atoms with E-state index in [-0.39, 0.29) is 12.0 Å². The van der Waals surface area contributed by atoms with Crippen molar-refractivity contribution in [1.29, 1.82) is 10.5 Å². The average molecular weight is 598 g/mol. The van der Waals surface area contributed by atoms with Gasteiger partial charge in [0, 0.05) is 0 Å². The van der Waals surface area contributed by atoms with Gasteiger partial charge in [0.25, 0.3) is 0 Å². The van der Waals surface area contributed by atoms with E-state index in [0.717, 1.165) is 5.56 Å². The lowest BCUT2D eigenvalue weighted by Gasteiger charge is -2.21. The molecule has 2 rings (SSSR count). The van der Waals surface area contributed by atoms with E-state index < -0.39 is 29.1 Å². The summed E-state index contributed by atoms with van der Waals surface area (Å²) in [6.07, 6.45) is 1.67. The second-order valence-electron chi connectivity index (χ2n) is 10.0. The first kappa shape index (κ1) is 33.3. The van der Waals surface area contributed by atoms with Crippen LogP contribution in [-0.2, 0) is 25.5 Å². The molecule has 0 saturated heterocycles. The summed E-state index contributed by atoms with van der Waals surface area (Å²) in [5.74, 6) is -2.04. The first-order valence-electron chi connectivity index (χ1n) is 11.3. The summed E-state index contributed by atoms with van der Waals surface area (Å²) in [5, 5.41) is 19.7. The fourth-order valence-electron chi connectivity index (χ4n) is 2.70. The van der Waals surface area contributed by atoms with Crippen LogP contribution in [-0.4, -0.2) is 23.1 Å². The average Bonchev–Trinajstić information content (AvgIpc) is 2.78. The number of hydrogen-bond acceptors (Lipinski definition) is 6. The van der Waals surface area contributed by atoms with Crippen LogP contribution in [0.5, 0.6) is 0 Å². The maximum Gasteiger partial charge on any atom is 0.349 e. The fraction of sp³-hybridized carbons (Fsp3) is 0.357. The van der Waals surface area contributed by atoms with Gasteiger partial charge in [0.15, 0.2) is 0 Å². The molecular formula is C28H28Cl4N2O4. The minimum absolute atomic E-state index is 0.0895. The molecule has 202 valence electrons. The Morgan fingerprint density at radius 2 is 1.37 bits per heavy atom. The third-order valence-electron chi connectivity index (χ3n) is 4.26. The molecule has 0 bridgehead atoms. The number of benzene rings is 2. The van der Waals surface area contributed by atoms with E-state index in [9.17, 15) is 9.59 Å². The fourth-order valence-corrected chi connectivity index (χ4v) is 3.32. The van der Waals surface area contributed by atoms with Crippen LogP contribution in [0.3, 0.4) is 0 Å². The predicted octanol–water partition coefficient (Wildman–Crippen LogP) is 8.26. The minimum atomic E-state index is -0.850. The number of nitrogens with zero attached hydrogens (tertiary/aromatic N) is 2. The monoisotopic (exact) mass is 596 g/mol.